The molecule has 0 bridgehead atoms. The summed E-state index contributed by atoms with van der Waals surface area (Å²) < 4.78 is 5.67. The number of hydrogen-bond acceptors (Lipinski definition) is 3. The Hall–Kier alpha value is -1.55. The van der Waals surface area contributed by atoms with Gasteiger partial charge in [-0.1, -0.05) is 12.1 Å². The van der Waals surface area contributed by atoms with Crippen LogP contribution in [0, 0.1) is 0 Å². The number of amides is 1. The van der Waals surface area contributed by atoms with Gasteiger partial charge in [0.2, 0.25) is 5.91 Å². The molecule has 21 heavy (non-hydrogen) atoms. The lowest BCUT2D eigenvalue weighted by Gasteiger charge is -2.42. The van der Waals surface area contributed by atoms with Crippen LogP contribution in [0.5, 0.6) is 5.75 Å². The summed E-state index contributed by atoms with van der Waals surface area (Å²) >= 11 is 0. The van der Waals surface area contributed by atoms with E-state index in [-0.39, 0.29) is 30.1 Å². The Morgan fingerprint density at radius 1 is 1.19 bits per heavy atom. The molecule has 0 spiro atoms. The number of ether oxygens (including phenoxy) is 1. The van der Waals surface area contributed by atoms with Crippen LogP contribution in [0.1, 0.15) is 52.1 Å². The molecular weight excluding hydrogens is 264 g/mol. The summed E-state index contributed by atoms with van der Waals surface area (Å²) in [4.78, 5) is 14.1. The lowest BCUT2D eigenvalue weighted by atomic mass is 9.89. The molecule has 116 valence electrons. The van der Waals surface area contributed by atoms with Crippen LogP contribution in [0.4, 0.5) is 0 Å². The second kappa shape index (κ2) is 6.48. The average molecular weight is 290 g/mol. The van der Waals surface area contributed by atoms with Crippen molar-refractivity contribution in [3.63, 3.8) is 0 Å². The van der Waals surface area contributed by atoms with Gasteiger partial charge in [0, 0.05) is 18.5 Å². The number of piperidine rings is 1. The number of carbonyl (C=O) groups is 1. The second-order valence-electron chi connectivity index (χ2n) is 6.28. The normalized spacial score (nSPS) is 23.0. The van der Waals surface area contributed by atoms with Crippen LogP contribution in [-0.2, 0) is 4.79 Å². The van der Waals surface area contributed by atoms with Gasteiger partial charge in [-0.05, 0) is 51.8 Å². The van der Waals surface area contributed by atoms with Crippen molar-refractivity contribution in [1.82, 2.24) is 4.90 Å². The summed E-state index contributed by atoms with van der Waals surface area (Å²) in [6.07, 6.45) is 1.45. The number of hydrogen-bond donors (Lipinski definition) is 1. The van der Waals surface area contributed by atoms with Crippen molar-refractivity contribution in [2.45, 2.75) is 64.8 Å². The van der Waals surface area contributed by atoms with Crippen LogP contribution < -0.4 is 10.5 Å². The van der Waals surface area contributed by atoms with Crippen LogP contribution in [0.15, 0.2) is 24.3 Å². The van der Waals surface area contributed by atoms with Crippen LogP contribution >= 0.6 is 0 Å². The Morgan fingerprint density at radius 2 is 1.81 bits per heavy atom. The minimum Gasteiger partial charge on any atom is -0.491 e. The van der Waals surface area contributed by atoms with Crippen molar-refractivity contribution < 1.29 is 9.53 Å². The van der Waals surface area contributed by atoms with Crippen molar-refractivity contribution >= 4 is 5.91 Å². The fourth-order valence-corrected chi connectivity index (χ4v) is 2.97. The molecular formula is C17H26N2O2. The van der Waals surface area contributed by atoms with Gasteiger partial charge < -0.3 is 15.4 Å². The van der Waals surface area contributed by atoms with Crippen LogP contribution in [-0.4, -0.2) is 29.0 Å². The van der Waals surface area contributed by atoms with Gasteiger partial charge in [0.15, 0.2) is 0 Å². The van der Waals surface area contributed by atoms with E-state index in [0.717, 1.165) is 17.7 Å². The molecule has 4 heteroatoms. The van der Waals surface area contributed by atoms with Gasteiger partial charge in [0.25, 0.3) is 0 Å². The minimum atomic E-state index is -0.0423. The lowest BCUT2D eigenvalue weighted by molar-refractivity contribution is -0.139. The quantitative estimate of drug-likeness (QED) is 0.927. The van der Waals surface area contributed by atoms with E-state index >= 15 is 0 Å². The smallest absolute Gasteiger partial charge is 0.223 e. The molecule has 0 saturated carbocycles. The molecule has 1 fully saturated rings. The third-order valence-electron chi connectivity index (χ3n) is 3.83. The third-order valence-corrected chi connectivity index (χ3v) is 3.83. The maximum atomic E-state index is 12.2. The van der Waals surface area contributed by atoms with Gasteiger partial charge in [-0.25, -0.2) is 0 Å². The predicted octanol–water partition coefficient (Wildman–Crippen LogP) is 2.87. The molecule has 2 N–H and O–H groups in total. The van der Waals surface area contributed by atoms with Gasteiger partial charge in [-0.3, -0.25) is 4.79 Å². The van der Waals surface area contributed by atoms with Gasteiger partial charge in [0.1, 0.15) is 5.75 Å². The van der Waals surface area contributed by atoms with E-state index in [1.165, 1.54) is 0 Å². The van der Waals surface area contributed by atoms with E-state index in [9.17, 15) is 4.79 Å². The molecule has 1 amide bonds. The zero-order chi connectivity index (χ0) is 15.6. The SMILES string of the molecule is CC(C)Oc1ccc(C2C(N)CCC(=O)N2C(C)C)cc1. The van der Waals surface area contributed by atoms with Gasteiger partial charge in [0.05, 0.1) is 12.1 Å². The summed E-state index contributed by atoms with van der Waals surface area (Å²) in [7, 11) is 0. The molecule has 0 aliphatic carbocycles. The number of nitrogens with two attached hydrogens (primary N) is 1. The molecule has 1 heterocycles. The molecule has 0 radical (unpaired) electrons. The molecule has 2 rings (SSSR count). The fraction of sp³-hybridized carbons (Fsp3) is 0.588. The van der Waals surface area contributed by atoms with Crippen molar-refractivity contribution in [3.8, 4) is 5.75 Å². The maximum absolute atomic E-state index is 12.2. The molecule has 2 atom stereocenters. The number of rotatable bonds is 4. The maximum Gasteiger partial charge on any atom is 0.223 e. The third kappa shape index (κ3) is 3.56. The summed E-state index contributed by atoms with van der Waals surface area (Å²) in [5.74, 6) is 1.04. The van der Waals surface area contributed by atoms with Crippen molar-refractivity contribution in [2.24, 2.45) is 5.73 Å². The highest BCUT2D eigenvalue weighted by molar-refractivity contribution is 5.78. The largest absolute Gasteiger partial charge is 0.491 e. The standard InChI is InChI=1S/C17H26N2O2/c1-11(2)19-16(20)10-9-15(18)17(19)13-5-7-14(8-6-13)21-12(3)4/h5-8,11-12,15,17H,9-10,18H2,1-4H3. The number of nitrogens with zero attached hydrogens (tertiary/aromatic N) is 1. The van der Waals surface area contributed by atoms with E-state index < -0.39 is 0 Å². The zero-order valence-electron chi connectivity index (χ0n) is 13.4. The van der Waals surface area contributed by atoms with Crippen LogP contribution in [0.2, 0.25) is 0 Å². The van der Waals surface area contributed by atoms with Crippen molar-refractivity contribution in [1.29, 1.82) is 0 Å². The molecule has 2 unspecified atom stereocenters. The fourth-order valence-electron chi connectivity index (χ4n) is 2.97. The highest BCUT2D eigenvalue weighted by Crippen LogP contribution is 2.33. The number of likely N-dealkylation sites (tertiary alicyclic amines) is 1. The van der Waals surface area contributed by atoms with E-state index in [1.54, 1.807) is 0 Å². The Kier molecular flexibility index (Phi) is 4.88. The second-order valence-corrected chi connectivity index (χ2v) is 6.28. The Balaban J connectivity index is 2.26. The van der Waals surface area contributed by atoms with E-state index in [1.807, 2.05) is 56.9 Å². The van der Waals surface area contributed by atoms with Crippen LogP contribution in [0.3, 0.4) is 0 Å². The van der Waals surface area contributed by atoms with Crippen LogP contribution in [0.25, 0.3) is 0 Å². The first kappa shape index (κ1) is 15.8. The first-order valence-corrected chi connectivity index (χ1v) is 7.73. The average Bonchev–Trinajstić information content (AvgIpc) is 2.41. The Labute approximate surface area is 127 Å². The van der Waals surface area contributed by atoms with E-state index in [4.69, 9.17) is 10.5 Å². The van der Waals surface area contributed by atoms with Gasteiger partial charge in [-0.2, -0.15) is 0 Å². The number of benzene rings is 1. The molecule has 0 aromatic heterocycles. The first-order valence-electron chi connectivity index (χ1n) is 7.73. The Morgan fingerprint density at radius 3 is 2.33 bits per heavy atom. The number of carbonyl (C=O) groups excluding carboxylic acids is 1. The Bertz CT molecular complexity index is 482. The summed E-state index contributed by atoms with van der Waals surface area (Å²) in [6, 6.07) is 8.06. The minimum absolute atomic E-state index is 0.0121. The zero-order valence-corrected chi connectivity index (χ0v) is 13.4. The van der Waals surface area contributed by atoms with E-state index in [0.29, 0.717) is 6.42 Å². The first-order chi connectivity index (χ1) is 9.90. The highest BCUT2D eigenvalue weighted by Gasteiger charge is 2.36. The predicted molar refractivity (Wildman–Crippen MR) is 84.1 cm³/mol. The van der Waals surface area contributed by atoms with Crippen molar-refractivity contribution in [3.05, 3.63) is 29.8 Å². The highest BCUT2D eigenvalue weighted by atomic mass is 16.5. The van der Waals surface area contributed by atoms with E-state index in [2.05, 4.69) is 0 Å². The monoisotopic (exact) mass is 290 g/mol. The lowest BCUT2D eigenvalue weighted by Crippen LogP contribution is -2.51. The molecule has 4 nitrogen and oxygen atoms in total. The van der Waals surface area contributed by atoms with Gasteiger partial charge in [-0.15, -0.1) is 0 Å². The topological polar surface area (TPSA) is 55.6 Å². The molecule has 1 aliphatic rings. The summed E-state index contributed by atoms with van der Waals surface area (Å²) in [6.45, 7) is 8.09. The summed E-state index contributed by atoms with van der Waals surface area (Å²) in [5, 5.41) is 0. The van der Waals surface area contributed by atoms with Crippen molar-refractivity contribution in [2.75, 3.05) is 0 Å². The van der Waals surface area contributed by atoms with Gasteiger partial charge >= 0.3 is 0 Å². The molecule has 1 aromatic carbocycles. The summed E-state index contributed by atoms with van der Waals surface area (Å²) in [5.41, 5.74) is 7.38. The molecule has 1 saturated heterocycles. The molecule has 1 aliphatic heterocycles. The molecule has 1 aromatic rings.